The van der Waals surface area contributed by atoms with Gasteiger partial charge in [0.05, 0.1) is 17.6 Å². The first-order valence-electron chi connectivity index (χ1n) is 9.82. The lowest BCUT2D eigenvalue weighted by Crippen LogP contribution is -2.38. The van der Waals surface area contributed by atoms with Crippen molar-refractivity contribution in [3.05, 3.63) is 81.3 Å². The number of carbonyl (C=O) groups is 1. The summed E-state index contributed by atoms with van der Waals surface area (Å²) in [6.45, 7) is 1.94. The van der Waals surface area contributed by atoms with Crippen molar-refractivity contribution >= 4 is 34.8 Å². The summed E-state index contributed by atoms with van der Waals surface area (Å²) in [5.41, 5.74) is 11.2. The second-order valence-corrected chi connectivity index (χ2v) is 8.81. The summed E-state index contributed by atoms with van der Waals surface area (Å²) in [4.78, 5) is 16.1. The highest BCUT2D eigenvalue weighted by Crippen LogP contribution is 2.46. The van der Waals surface area contributed by atoms with Crippen molar-refractivity contribution in [2.24, 2.45) is 5.73 Å². The van der Waals surface area contributed by atoms with E-state index in [0.29, 0.717) is 28.4 Å². The van der Waals surface area contributed by atoms with Crippen molar-refractivity contribution in [1.29, 1.82) is 5.26 Å². The van der Waals surface area contributed by atoms with E-state index in [9.17, 15) is 10.1 Å². The largest absolute Gasteiger partial charge is 0.384 e. The van der Waals surface area contributed by atoms with Crippen molar-refractivity contribution in [3.8, 4) is 6.07 Å². The van der Waals surface area contributed by atoms with Gasteiger partial charge in [0.25, 0.3) is 0 Å². The third kappa shape index (κ3) is 3.40. The normalized spacial score (nSPS) is 19.1. The molecule has 2 aliphatic rings. The van der Waals surface area contributed by atoms with Crippen molar-refractivity contribution < 1.29 is 4.79 Å². The highest BCUT2D eigenvalue weighted by molar-refractivity contribution is 7.98. The maximum atomic E-state index is 13.1. The van der Waals surface area contributed by atoms with Crippen molar-refractivity contribution in [3.63, 3.8) is 0 Å². The van der Waals surface area contributed by atoms with Gasteiger partial charge in [0, 0.05) is 33.3 Å². The van der Waals surface area contributed by atoms with Crippen LogP contribution in [0.3, 0.4) is 0 Å². The van der Waals surface area contributed by atoms with E-state index in [1.54, 1.807) is 11.8 Å². The van der Waals surface area contributed by atoms with Crippen LogP contribution in [-0.2, 0) is 4.79 Å². The number of nitriles is 1. The molecule has 0 spiro atoms. The van der Waals surface area contributed by atoms with E-state index in [0.717, 1.165) is 40.2 Å². The van der Waals surface area contributed by atoms with Gasteiger partial charge in [-0.25, -0.2) is 0 Å². The van der Waals surface area contributed by atoms with Crippen LogP contribution in [0.4, 0.5) is 5.69 Å². The number of thioether (sulfide) groups is 1. The van der Waals surface area contributed by atoms with Gasteiger partial charge in [-0.05, 0) is 61.4 Å². The van der Waals surface area contributed by atoms with Crippen LogP contribution in [0.2, 0.25) is 5.02 Å². The maximum absolute atomic E-state index is 13.1. The number of carbonyl (C=O) groups excluding carboxylic acids is 1. The predicted molar refractivity (Wildman–Crippen MR) is 122 cm³/mol. The first-order valence-corrected chi connectivity index (χ1v) is 11.4. The zero-order valence-corrected chi connectivity index (χ0v) is 18.5. The van der Waals surface area contributed by atoms with Gasteiger partial charge in [0.15, 0.2) is 5.78 Å². The van der Waals surface area contributed by atoms with Crippen LogP contribution >= 0.6 is 23.4 Å². The topological polar surface area (TPSA) is 70.1 Å². The molecule has 0 fully saturated rings. The molecule has 4 nitrogen and oxygen atoms in total. The monoisotopic (exact) mass is 435 g/mol. The number of hydrogen-bond donors (Lipinski definition) is 1. The van der Waals surface area contributed by atoms with Gasteiger partial charge in [-0.2, -0.15) is 5.26 Å². The smallest absolute Gasteiger partial charge is 0.161 e. The van der Waals surface area contributed by atoms with E-state index in [2.05, 4.69) is 6.07 Å². The molecule has 6 heteroatoms. The Kier molecular flexibility index (Phi) is 5.64. The van der Waals surface area contributed by atoms with Gasteiger partial charge in [0.2, 0.25) is 0 Å². The number of benzene rings is 2. The number of rotatable bonds is 3. The Labute approximate surface area is 186 Å². The van der Waals surface area contributed by atoms with Gasteiger partial charge in [-0.3, -0.25) is 9.69 Å². The van der Waals surface area contributed by atoms with E-state index in [1.807, 2.05) is 60.5 Å². The molecule has 0 saturated heterocycles. The second kappa shape index (κ2) is 8.22. The van der Waals surface area contributed by atoms with Crippen LogP contribution in [0.1, 0.15) is 36.3 Å². The summed E-state index contributed by atoms with van der Waals surface area (Å²) >= 11 is 8.03. The lowest BCUT2D eigenvalue weighted by molar-refractivity contribution is -0.116. The van der Waals surface area contributed by atoms with Gasteiger partial charge in [-0.1, -0.05) is 29.8 Å². The molecule has 2 aromatic carbocycles. The average Bonchev–Trinajstić information content (AvgIpc) is 2.75. The lowest BCUT2D eigenvalue weighted by atomic mass is 9.75. The number of anilines is 1. The van der Waals surface area contributed by atoms with E-state index in [4.69, 9.17) is 17.3 Å². The van der Waals surface area contributed by atoms with Crippen LogP contribution in [-0.4, -0.2) is 12.0 Å². The number of Topliss-reactive ketones (excluding diaryl/α,β-unsaturated/α-hetero) is 1. The SMILES string of the molecule is CSc1ccc([C@@H]2C(C#N)=C(N)N(c3ccc(C)c(Cl)c3)C3=C2C(=O)CCC3)cc1. The minimum Gasteiger partial charge on any atom is -0.384 e. The van der Waals surface area contributed by atoms with Gasteiger partial charge < -0.3 is 5.73 Å². The molecule has 2 aromatic rings. The third-order valence-electron chi connectivity index (χ3n) is 5.78. The number of hydrogen-bond acceptors (Lipinski definition) is 5. The fourth-order valence-electron chi connectivity index (χ4n) is 4.23. The molecule has 4 rings (SSSR count). The van der Waals surface area contributed by atoms with Crippen molar-refractivity contribution in [2.45, 2.75) is 37.0 Å². The number of ketones is 1. The molecule has 0 aromatic heterocycles. The Bertz CT molecular complexity index is 1130. The standard InChI is InChI=1S/C24H22ClN3OS/c1-14-6-9-16(12-19(14)25)28-20-4-3-5-21(29)23(20)22(18(13-26)24(28)27)15-7-10-17(30-2)11-8-15/h6-12,22H,3-5,27H2,1-2H3/t22-/m1/s1. The molecular weight excluding hydrogens is 414 g/mol. The fraction of sp³-hybridized carbons (Fsp3) is 0.250. The second-order valence-electron chi connectivity index (χ2n) is 7.52. The van der Waals surface area contributed by atoms with Crippen LogP contribution in [0, 0.1) is 18.3 Å². The molecule has 0 unspecified atom stereocenters. The Morgan fingerprint density at radius 3 is 2.57 bits per heavy atom. The Balaban J connectivity index is 1.93. The molecule has 1 heterocycles. The number of aryl methyl sites for hydroxylation is 1. The van der Waals surface area contributed by atoms with Gasteiger partial charge >= 0.3 is 0 Å². The van der Waals surface area contributed by atoms with Crippen LogP contribution in [0.5, 0.6) is 0 Å². The maximum Gasteiger partial charge on any atom is 0.161 e. The number of halogens is 1. The highest BCUT2D eigenvalue weighted by Gasteiger charge is 2.40. The quantitative estimate of drug-likeness (QED) is 0.628. The third-order valence-corrected chi connectivity index (χ3v) is 6.93. The molecule has 0 bridgehead atoms. The molecule has 1 aliphatic carbocycles. The number of allylic oxidation sites excluding steroid dienone is 3. The molecule has 152 valence electrons. The average molecular weight is 436 g/mol. The lowest BCUT2D eigenvalue weighted by Gasteiger charge is -2.39. The van der Waals surface area contributed by atoms with Crippen molar-refractivity contribution in [2.75, 3.05) is 11.2 Å². The molecule has 2 N–H and O–H groups in total. The molecule has 30 heavy (non-hydrogen) atoms. The summed E-state index contributed by atoms with van der Waals surface area (Å²) < 4.78 is 0. The molecule has 1 aliphatic heterocycles. The minimum atomic E-state index is -0.439. The molecular formula is C24H22ClN3OS. The zero-order chi connectivity index (χ0) is 21.4. The number of nitrogens with two attached hydrogens (primary N) is 1. The van der Waals surface area contributed by atoms with E-state index >= 15 is 0 Å². The highest BCUT2D eigenvalue weighted by atomic mass is 35.5. The molecule has 0 amide bonds. The summed E-state index contributed by atoms with van der Waals surface area (Å²) in [6.07, 6.45) is 4.00. The van der Waals surface area contributed by atoms with Crippen LogP contribution < -0.4 is 10.6 Å². The minimum absolute atomic E-state index is 0.0821. The van der Waals surface area contributed by atoms with Crippen LogP contribution in [0.25, 0.3) is 0 Å². The van der Waals surface area contributed by atoms with Gasteiger partial charge in [-0.15, -0.1) is 11.8 Å². The summed E-state index contributed by atoms with van der Waals surface area (Å²) in [5, 5.41) is 10.7. The Morgan fingerprint density at radius 2 is 1.93 bits per heavy atom. The van der Waals surface area contributed by atoms with Gasteiger partial charge in [0.1, 0.15) is 5.82 Å². The summed E-state index contributed by atoms with van der Waals surface area (Å²) in [5.74, 6) is 0.00865. The molecule has 1 atom stereocenters. The number of nitrogens with zero attached hydrogens (tertiary/aromatic N) is 2. The Hall–Kier alpha value is -2.68. The molecule has 0 radical (unpaired) electrons. The summed E-state index contributed by atoms with van der Waals surface area (Å²) in [6, 6.07) is 16.0. The fourth-order valence-corrected chi connectivity index (χ4v) is 4.81. The van der Waals surface area contributed by atoms with E-state index < -0.39 is 5.92 Å². The van der Waals surface area contributed by atoms with Crippen LogP contribution in [0.15, 0.2) is 70.0 Å². The predicted octanol–water partition coefficient (Wildman–Crippen LogP) is 5.68. The molecule has 0 saturated carbocycles. The first-order chi connectivity index (χ1) is 14.5. The first kappa shape index (κ1) is 20.6. The summed E-state index contributed by atoms with van der Waals surface area (Å²) in [7, 11) is 0. The van der Waals surface area contributed by atoms with Crippen molar-refractivity contribution in [1.82, 2.24) is 0 Å². The zero-order valence-electron chi connectivity index (χ0n) is 16.9. The Morgan fingerprint density at radius 1 is 1.20 bits per heavy atom. The van der Waals surface area contributed by atoms with E-state index in [-0.39, 0.29) is 5.78 Å². The van der Waals surface area contributed by atoms with E-state index in [1.165, 1.54) is 0 Å².